The van der Waals surface area contributed by atoms with Gasteiger partial charge in [-0.05, 0) is 31.0 Å². The number of halogens is 2. The van der Waals surface area contributed by atoms with Crippen molar-refractivity contribution >= 4 is 0 Å². The van der Waals surface area contributed by atoms with E-state index in [4.69, 9.17) is 4.42 Å². The first-order valence-electron chi connectivity index (χ1n) is 5.86. The topological polar surface area (TPSA) is 33.4 Å². The zero-order valence-corrected chi connectivity index (χ0v) is 9.62. The van der Waals surface area contributed by atoms with Gasteiger partial charge in [-0.2, -0.15) is 0 Å². The van der Waals surface area contributed by atoms with Crippen LogP contribution in [0, 0.1) is 11.6 Å². The van der Waals surface area contributed by atoms with Crippen LogP contribution in [0.3, 0.4) is 0 Å². The highest BCUT2D eigenvalue weighted by Crippen LogP contribution is 2.41. The summed E-state index contributed by atoms with van der Waals surface area (Å²) in [5.41, 5.74) is -0.733. The van der Waals surface area contributed by atoms with Crippen molar-refractivity contribution in [1.29, 1.82) is 0 Å². The van der Waals surface area contributed by atoms with Crippen molar-refractivity contribution < 1.29 is 18.3 Å². The molecule has 3 rings (SSSR count). The minimum Gasteiger partial charge on any atom is -0.469 e. The molecule has 1 aromatic heterocycles. The lowest BCUT2D eigenvalue weighted by Gasteiger charge is -2.32. The van der Waals surface area contributed by atoms with E-state index in [1.54, 1.807) is 6.07 Å². The quantitative estimate of drug-likeness (QED) is 0.843. The number of rotatable bonds is 1. The highest BCUT2D eigenvalue weighted by molar-refractivity contribution is 5.40. The van der Waals surface area contributed by atoms with Crippen molar-refractivity contribution in [2.45, 2.75) is 24.9 Å². The van der Waals surface area contributed by atoms with Crippen LogP contribution in [0.25, 0.3) is 0 Å². The fraction of sp³-hybridized carbons (Fsp3) is 0.286. The van der Waals surface area contributed by atoms with Gasteiger partial charge in [0, 0.05) is 23.6 Å². The monoisotopic (exact) mass is 250 g/mol. The maximum Gasteiger partial charge on any atom is 0.132 e. The Hall–Kier alpha value is -1.68. The fourth-order valence-corrected chi connectivity index (χ4v) is 2.65. The predicted molar refractivity (Wildman–Crippen MR) is 61.0 cm³/mol. The van der Waals surface area contributed by atoms with Crippen molar-refractivity contribution in [2.24, 2.45) is 0 Å². The standard InChI is InChI=1S/C14H12F2O2/c15-9-3-4-10(12(16)8-9)14(17)6-1-2-13-11(14)5-7-18-13/h3-5,7-8,17H,1-2,6H2. The first-order chi connectivity index (χ1) is 8.61. The Morgan fingerprint density at radius 2 is 2.00 bits per heavy atom. The molecule has 0 fully saturated rings. The molecule has 1 unspecified atom stereocenters. The molecule has 0 spiro atoms. The summed E-state index contributed by atoms with van der Waals surface area (Å²) < 4.78 is 32.1. The number of fused-ring (bicyclic) bond motifs is 1. The Bertz CT molecular complexity index is 591. The number of benzene rings is 1. The Morgan fingerprint density at radius 1 is 1.17 bits per heavy atom. The molecule has 18 heavy (non-hydrogen) atoms. The lowest BCUT2D eigenvalue weighted by atomic mass is 9.78. The summed E-state index contributed by atoms with van der Waals surface area (Å²) in [6.45, 7) is 0. The van der Waals surface area contributed by atoms with Crippen LogP contribution in [0.2, 0.25) is 0 Å². The molecule has 0 saturated heterocycles. The van der Waals surface area contributed by atoms with Crippen molar-refractivity contribution in [1.82, 2.24) is 0 Å². The minimum absolute atomic E-state index is 0.103. The van der Waals surface area contributed by atoms with Gasteiger partial charge in [0.1, 0.15) is 23.0 Å². The van der Waals surface area contributed by atoms with E-state index in [1.165, 1.54) is 12.3 Å². The molecule has 0 saturated carbocycles. The second kappa shape index (κ2) is 3.92. The zero-order chi connectivity index (χ0) is 12.8. The van der Waals surface area contributed by atoms with Gasteiger partial charge in [0.25, 0.3) is 0 Å². The fourth-order valence-electron chi connectivity index (χ4n) is 2.65. The van der Waals surface area contributed by atoms with Crippen LogP contribution in [0.15, 0.2) is 34.9 Å². The maximum absolute atomic E-state index is 13.8. The molecule has 0 bridgehead atoms. The second-order valence-electron chi connectivity index (χ2n) is 4.60. The highest BCUT2D eigenvalue weighted by Gasteiger charge is 2.39. The molecule has 1 aromatic carbocycles. The summed E-state index contributed by atoms with van der Waals surface area (Å²) >= 11 is 0. The minimum atomic E-state index is -1.42. The molecule has 4 heteroatoms. The van der Waals surface area contributed by atoms with Gasteiger partial charge in [-0.3, -0.25) is 0 Å². The van der Waals surface area contributed by atoms with Crippen LogP contribution in [0.4, 0.5) is 8.78 Å². The van der Waals surface area contributed by atoms with Gasteiger partial charge in [-0.1, -0.05) is 0 Å². The molecule has 0 aliphatic heterocycles. The van der Waals surface area contributed by atoms with E-state index < -0.39 is 17.2 Å². The first kappa shape index (κ1) is 11.4. The van der Waals surface area contributed by atoms with Crippen molar-refractivity contribution in [3.05, 3.63) is 59.1 Å². The SMILES string of the molecule is OC1(c2ccc(F)cc2F)CCCc2occc21. The third kappa shape index (κ3) is 1.56. The van der Waals surface area contributed by atoms with Crippen LogP contribution >= 0.6 is 0 Å². The summed E-state index contributed by atoms with van der Waals surface area (Å²) in [4.78, 5) is 0. The largest absolute Gasteiger partial charge is 0.469 e. The van der Waals surface area contributed by atoms with Gasteiger partial charge >= 0.3 is 0 Å². The summed E-state index contributed by atoms with van der Waals surface area (Å²) in [6.07, 6.45) is 3.33. The average molecular weight is 250 g/mol. The van der Waals surface area contributed by atoms with Crippen LogP contribution < -0.4 is 0 Å². The van der Waals surface area contributed by atoms with Crippen LogP contribution in [0.5, 0.6) is 0 Å². The number of aryl methyl sites for hydroxylation is 1. The summed E-state index contributed by atoms with van der Waals surface area (Å²) in [6, 6.07) is 4.90. The average Bonchev–Trinajstić information content (AvgIpc) is 2.78. The summed E-state index contributed by atoms with van der Waals surface area (Å²) in [5.74, 6) is -0.706. The second-order valence-corrected chi connectivity index (χ2v) is 4.60. The smallest absolute Gasteiger partial charge is 0.132 e. The van der Waals surface area contributed by atoms with Gasteiger partial charge < -0.3 is 9.52 Å². The molecule has 1 N–H and O–H groups in total. The van der Waals surface area contributed by atoms with E-state index >= 15 is 0 Å². The van der Waals surface area contributed by atoms with Crippen molar-refractivity contribution in [3.8, 4) is 0 Å². The zero-order valence-electron chi connectivity index (χ0n) is 9.62. The molecule has 1 atom stereocenters. The van der Waals surface area contributed by atoms with Gasteiger partial charge in [-0.15, -0.1) is 0 Å². The van der Waals surface area contributed by atoms with Gasteiger partial charge in [0.2, 0.25) is 0 Å². The predicted octanol–water partition coefficient (Wildman–Crippen LogP) is 3.13. The molecular formula is C14H12F2O2. The molecule has 0 radical (unpaired) electrons. The molecule has 2 aromatic rings. The molecule has 1 aliphatic carbocycles. The van der Waals surface area contributed by atoms with Gasteiger partial charge in [0.05, 0.1) is 6.26 Å². The molecule has 1 aliphatic rings. The lowest BCUT2D eigenvalue weighted by Crippen LogP contribution is -2.32. The molecule has 2 nitrogen and oxygen atoms in total. The van der Waals surface area contributed by atoms with E-state index in [0.29, 0.717) is 24.2 Å². The number of aliphatic hydroxyl groups is 1. The third-order valence-corrected chi connectivity index (χ3v) is 3.51. The highest BCUT2D eigenvalue weighted by atomic mass is 19.1. The van der Waals surface area contributed by atoms with E-state index in [0.717, 1.165) is 18.6 Å². The lowest BCUT2D eigenvalue weighted by molar-refractivity contribution is 0.0552. The first-order valence-corrected chi connectivity index (χ1v) is 5.86. The van der Waals surface area contributed by atoms with E-state index in [1.807, 2.05) is 0 Å². The number of furan rings is 1. The summed E-state index contributed by atoms with van der Waals surface area (Å²) in [5, 5.41) is 10.7. The van der Waals surface area contributed by atoms with Crippen molar-refractivity contribution in [3.63, 3.8) is 0 Å². The third-order valence-electron chi connectivity index (χ3n) is 3.51. The van der Waals surface area contributed by atoms with Gasteiger partial charge in [-0.25, -0.2) is 8.78 Å². The normalized spacial score (nSPS) is 22.8. The van der Waals surface area contributed by atoms with E-state index in [9.17, 15) is 13.9 Å². The molecule has 1 heterocycles. The van der Waals surface area contributed by atoms with E-state index in [-0.39, 0.29) is 5.56 Å². The maximum atomic E-state index is 13.8. The molecular weight excluding hydrogens is 238 g/mol. The Morgan fingerprint density at radius 3 is 2.78 bits per heavy atom. The Balaban J connectivity index is 2.17. The molecule has 94 valence electrons. The summed E-state index contributed by atoms with van der Waals surface area (Å²) in [7, 11) is 0. The van der Waals surface area contributed by atoms with Crippen LogP contribution in [-0.4, -0.2) is 5.11 Å². The Labute approximate surface area is 103 Å². The number of hydrogen-bond donors (Lipinski definition) is 1. The van der Waals surface area contributed by atoms with Crippen LogP contribution in [-0.2, 0) is 12.0 Å². The van der Waals surface area contributed by atoms with Crippen molar-refractivity contribution in [2.75, 3.05) is 0 Å². The van der Waals surface area contributed by atoms with E-state index in [2.05, 4.69) is 0 Å². The van der Waals surface area contributed by atoms with Gasteiger partial charge in [0.15, 0.2) is 0 Å². The molecule has 0 amide bonds. The van der Waals surface area contributed by atoms with Crippen LogP contribution in [0.1, 0.15) is 29.7 Å². The Kier molecular flexibility index (Phi) is 2.48. The number of hydrogen-bond acceptors (Lipinski definition) is 2.